The highest BCUT2D eigenvalue weighted by molar-refractivity contribution is 6.09. The lowest BCUT2D eigenvalue weighted by Crippen LogP contribution is -1.96. The Balaban J connectivity index is 1.46. The summed E-state index contributed by atoms with van der Waals surface area (Å²) in [5.41, 5.74) is 7.57. The average molecular weight is 460 g/mol. The third-order valence-corrected chi connectivity index (χ3v) is 6.68. The zero-order valence-corrected chi connectivity index (χ0v) is 18.9. The smallest absolute Gasteiger partial charge is 0.145 e. The summed E-state index contributed by atoms with van der Waals surface area (Å²) in [4.78, 5) is 4.64. The Bertz CT molecular complexity index is 2010. The Kier molecular flexibility index (Phi) is 4.21. The van der Waals surface area contributed by atoms with Crippen LogP contribution in [0.3, 0.4) is 0 Å². The molecule has 0 amide bonds. The molecule has 0 aliphatic rings. The molecule has 0 spiro atoms. The van der Waals surface area contributed by atoms with E-state index >= 15 is 0 Å². The second kappa shape index (κ2) is 7.56. The highest BCUT2D eigenvalue weighted by Gasteiger charge is 2.16. The van der Waals surface area contributed by atoms with Gasteiger partial charge in [0.15, 0.2) is 0 Å². The predicted octanol–water partition coefficient (Wildman–Crippen LogP) is 7.49. The van der Waals surface area contributed by atoms with Crippen molar-refractivity contribution in [1.29, 1.82) is 10.5 Å². The Morgan fingerprint density at radius 2 is 1.44 bits per heavy atom. The van der Waals surface area contributed by atoms with Gasteiger partial charge in [-0.25, -0.2) is 4.98 Å². The molecule has 7 aromatic rings. The fraction of sp³-hybridized carbons (Fsp3) is 0. The summed E-state index contributed by atoms with van der Waals surface area (Å²) in [6, 6.07) is 34.5. The van der Waals surface area contributed by atoms with Crippen LogP contribution in [0.1, 0.15) is 11.1 Å². The lowest BCUT2D eigenvalue weighted by Gasteiger charge is -2.10. The molecule has 36 heavy (non-hydrogen) atoms. The molecule has 4 aromatic carbocycles. The van der Waals surface area contributed by atoms with Crippen LogP contribution in [0, 0.1) is 22.7 Å². The fourth-order valence-corrected chi connectivity index (χ4v) is 5.02. The maximum Gasteiger partial charge on any atom is 0.145 e. The van der Waals surface area contributed by atoms with Gasteiger partial charge in [0.05, 0.1) is 22.7 Å². The zero-order chi connectivity index (χ0) is 24.2. The van der Waals surface area contributed by atoms with E-state index in [9.17, 15) is 10.5 Å². The Morgan fingerprint density at radius 3 is 2.33 bits per heavy atom. The summed E-state index contributed by atoms with van der Waals surface area (Å²) in [6.07, 6.45) is 1.59. The number of fused-ring (bicyclic) bond motifs is 6. The zero-order valence-electron chi connectivity index (χ0n) is 18.9. The van der Waals surface area contributed by atoms with Crippen molar-refractivity contribution in [3.8, 4) is 29.0 Å². The maximum atomic E-state index is 9.45. The predicted molar refractivity (Wildman–Crippen MR) is 141 cm³/mol. The molecule has 0 saturated carbocycles. The van der Waals surface area contributed by atoms with Crippen molar-refractivity contribution < 1.29 is 4.42 Å². The third-order valence-electron chi connectivity index (χ3n) is 6.68. The monoisotopic (exact) mass is 460 g/mol. The summed E-state index contributed by atoms with van der Waals surface area (Å²) in [6.45, 7) is 0. The average Bonchev–Trinajstić information content (AvgIpc) is 3.47. The van der Waals surface area contributed by atoms with E-state index in [1.807, 2.05) is 60.7 Å². The fourth-order valence-electron chi connectivity index (χ4n) is 5.02. The van der Waals surface area contributed by atoms with E-state index in [2.05, 4.69) is 52.0 Å². The van der Waals surface area contributed by atoms with E-state index in [0.717, 1.165) is 60.7 Å². The van der Waals surface area contributed by atoms with Gasteiger partial charge in [-0.3, -0.25) is 4.57 Å². The van der Waals surface area contributed by atoms with Crippen LogP contribution in [0.4, 0.5) is 0 Å². The van der Waals surface area contributed by atoms with Crippen molar-refractivity contribution in [3.63, 3.8) is 0 Å². The van der Waals surface area contributed by atoms with Crippen LogP contribution in [0.2, 0.25) is 0 Å². The van der Waals surface area contributed by atoms with Gasteiger partial charge in [-0.2, -0.15) is 10.5 Å². The summed E-state index contributed by atoms with van der Waals surface area (Å²) < 4.78 is 8.09. The Labute approximate surface area is 205 Å². The second-order valence-corrected chi connectivity index (χ2v) is 8.75. The van der Waals surface area contributed by atoms with Gasteiger partial charge in [-0.05, 0) is 65.7 Å². The standard InChI is InChI=1S/C31H16N4O/c32-16-19-8-10-28-25(12-19)27-13-20(17-33)18-34-31(27)35(28)23-5-3-4-21(14-23)22-9-11-30-26(15-22)24-6-1-2-7-29(24)36-30/h1-15,18H. The van der Waals surface area contributed by atoms with E-state index in [4.69, 9.17) is 4.42 Å². The van der Waals surface area contributed by atoms with Gasteiger partial charge >= 0.3 is 0 Å². The second-order valence-electron chi connectivity index (χ2n) is 8.75. The molecule has 3 heterocycles. The van der Waals surface area contributed by atoms with Crippen molar-refractivity contribution in [2.75, 3.05) is 0 Å². The minimum atomic E-state index is 0.485. The van der Waals surface area contributed by atoms with E-state index in [0.29, 0.717) is 11.1 Å². The lowest BCUT2D eigenvalue weighted by molar-refractivity contribution is 0.669. The number of rotatable bonds is 2. The van der Waals surface area contributed by atoms with E-state index in [1.54, 1.807) is 6.20 Å². The molecule has 5 heteroatoms. The molecule has 0 radical (unpaired) electrons. The first-order chi connectivity index (χ1) is 17.7. The first-order valence-corrected chi connectivity index (χ1v) is 11.5. The summed E-state index contributed by atoms with van der Waals surface area (Å²) in [5, 5.41) is 22.8. The first kappa shape index (κ1) is 20.0. The highest BCUT2D eigenvalue weighted by Crippen LogP contribution is 2.35. The van der Waals surface area contributed by atoms with E-state index in [-0.39, 0.29) is 0 Å². The number of nitrogens with zero attached hydrogens (tertiary/aromatic N) is 4. The van der Waals surface area contributed by atoms with Crippen molar-refractivity contribution in [3.05, 3.63) is 108 Å². The SMILES string of the molecule is N#Cc1ccc2c(c1)c1cc(C#N)cnc1n2-c1cccc(-c2ccc3oc4ccccc4c3c2)c1. The molecule has 5 nitrogen and oxygen atoms in total. The minimum Gasteiger partial charge on any atom is -0.456 e. The molecule has 0 unspecified atom stereocenters. The number of benzene rings is 4. The van der Waals surface area contributed by atoms with E-state index in [1.165, 1.54) is 0 Å². The molecule has 7 rings (SSSR count). The van der Waals surface area contributed by atoms with Crippen molar-refractivity contribution >= 4 is 43.9 Å². The van der Waals surface area contributed by atoms with Gasteiger partial charge in [0.2, 0.25) is 0 Å². The molecule has 0 fully saturated rings. The molecule has 0 atom stereocenters. The van der Waals surface area contributed by atoms with Crippen molar-refractivity contribution in [1.82, 2.24) is 9.55 Å². The van der Waals surface area contributed by atoms with Gasteiger partial charge in [0.1, 0.15) is 22.9 Å². The molecule has 0 aliphatic heterocycles. The third kappa shape index (κ3) is 2.91. The summed E-state index contributed by atoms with van der Waals surface area (Å²) in [5.74, 6) is 0. The summed E-state index contributed by atoms with van der Waals surface area (Å²) in [7, 11) is 0. The number of hydrogen-bond acceptors (Lipinski definition) is 4. The number of furan rings is 1. The molecule has 0 N–H and O–H groups in total. The van der Waals surface area contributed by atoms with Crippen LogP contribution >= 0.6 is 0 Å². The Morgan fingerprint density at radius 1 is 0.639 bits per heavy atom. The number of aromatic nitrogens is 2. The van der Waals surface area contributed by atoms with Crippen LogP contribution in [-0.2, 0) is 0 Å². The van der Waals surface area contributed by atoms with Crippen molar-refractivity contribution in [2.24, 2.45) is 0 Å². The molecule has 0 aliphatic carbocycles. The molecule has 0 bridgehead atoms. The molecule has 0 saturated heterocycles. The van der Waals surface area contributed by atoms with Gasteiger partial charge in [0, 0.05) is 33.4 Å². The van der Waals surface area contributed by atoms with Crippen LogP contribution in [-0.4, -0.2) is 9.55 Å². The molecule has 3 aromatic heterocycles. The molecular weight excluding hydrogens is 444 g/mol. The van der Waals surface area contributed by atoms with Crippen molar-refractivity contribution in [2.45, 2.75) is 0 Å². The van der Waals surface area contributed by atoms with Crippen LogP contribution in [0.15, 0.2) is 102 Å². The topological polar surface area (TPSA) is 78.5 Å². The van der Waals surface area contributed by atoms with Gasteiger partial charge < -0.3 is 4.42 Å². The number of nitriles is 2. The van der Waals surface area contributed by atoms with Crippen LogP contribution in [0.25, 0.3) is 60.7 Å². The minimum absolute atomic E-state index is 0.485. The normalized spacial score (nSPS) is 11.3. The van der Waals surface area contributed by atoms with Crippen LogP contribution in [0.5, 0.6) is 0 Å². The van der Waals surface area contributed by atoms with E-state index < -0.39 is 0 Å². The number of hydrogen-bond donors (Lipinski definition) is 0. The quantitative estimate of drug-likeness (QED) is 0.268. The molecule has 166 valence electrons. The number of para-hydroxylation sites is 1. The number of pyridine rings is 1. The lowest BCUT2D eigenvalue weighted by atomic mass is 10.0. The van der Waals surface area contributed by atoms with Gasteiger partial charge in [-0.15, -0.1) is 0 Å². The first-order valence-electron chi connectivity index (χ1n) is 11.5. The Hall–Kier alpha value is -5.39. The molecular formula is C31H16N4O. The van der Waals surface area contributed by atoms with Gasteiger partial charge in [-0.1, -0.05) is 36.4 Å². The van der Waals surface area contributed by atoms with Gasteiger partial charge in [0.25, 0.3) is 0 Å². The summed E-state index contributed by atoms with van der Waals surface area (Å²) >= 11 is 0. The maximum absolute atomic E-state index is 9.45. The largest absolute Gasteiger partial charge is 0.456 e. The highest BCUT2D eigenvalue weighted by atomic mass is 16.3. The van der Waals surface area contributed by atoms with Crippen LogP contribution < -0.4 is 0 Å².